The van der Waals surface area contributed by atoms with Gasteiger partial charge in [-0.25, -0.2) is 0 Å². The fourth-order valence-corrected chi connectivity index (χ4v) is 4.45. The minimum absolute atomic E-state index is 0.124. The third-order valence-electron chi connectivity index (χ3n) is 6.29. The molecule has 2 aliphatic rings. The number of aromatic nitrogens is 3. The number of pyridine rings is 1. The molecule has 0 unspecified atom stereocenters. The number of likely N-dealkylation sites (tertiary alicyclic amines) is 2. The summed E-state index contributed by atoms with van der Waals surface area (Å²) in [6, 6.07) is 5.49. The summed E-state index contributed by atoms with van der Waals surface area (Å²) in [6.45, 7) is 4.83. The zero-order valence-corrected chi connectivity index (χ0v) is 16.3. The van der Waals surface area contributed by atoms with Crippen molar-refractivity contribution in [3.63, 3.8) is 0 Å². The molecule has 148 valence electrons. The van der Waals surface area contributed by atoms with Gasteiger partial charge in [-0.3, -0.25) is 19.3 Å². The van der Waals surface area contributed by atoms with E-state index in [2.05, 4.69) is 10.1 Å². The summed E-state index contributed by atoms with van der Waals surface area (Å²) in [5, 5.41) is 4.19. The predicted molar refractivity (Wildman–Crippen MR) is 104 cm³/mol. The van der Waals surface area contributed by atoms with Crippen molar-refractivity contribution < 1.29 is 9.59 Å². The Labute approximate surface area is 165 Å². The smallest absolute Gasteiger partial charge is 0.247 e. The first kappa shape index (κ1) is 18.7. The van der Waals surface area contributed by atoms with Gasteiger partial charge in [0.05, 0.1) is 0 Å². The average molecular weight is 381 g/mol. The van der Waals surface area contributed by atoms with Gasteiger partial charge in [-0.15, -0.1) is 0 Å². The van der Waals surface area contributed by atoms with Crippen LogP contribution in [-0.2, 0) is 16.1 Å². The van der Waals surface area contributed by atoms with Crippen LogP contribution in [-0.4, -0.2) is 56.0 Å². The first-order valence-corrected chi connectivity index (χ1v) is 10.0. The maximum Gasteiger partial charge on any atom is 0.247 e. The van der Waals surface area contributed by atoms with E-state index in [1.54, 1.807) is 23.3 Å². The Hall–Kier alpha value is -2.70. The molecule has 7 nitrogen and oxygen atoms in total. The maximum atomic E-state index is 12.8. The predicted octanol–water partition coefficient (Wildman–Crippen LogP) is 2.27. The number of carbonyl (C=O) groups is 2. The molecule has 28 heavy (non-hydrogen) atoms. The molecule has 0 radical (unpaired) electrons. The van der Waals surface area contributed by atoms with Gasteiger partial charge in [0, 0.05) is 57.4 Å². The van der Waals surface area contributed by atoms with Crippen molar-refractivity contribution in [1.82, 2.24) is 24.6 Å². The highest BCUT2D eigenvalue weighted by molar-refractivity contribution is 5.80. The maximum absolute atomic E-state index is 12.8. The lowest BCUT2D eigenvalue weighted by Crippen LogP contribution is -2.52. The van der Waals surface area contributed by atoms with Gasteiger partial charge >= 0.3 is 0 Å². The molecule has 1 spiro atoms. The molecule has 7 heteroatoms. The second-order valence-electron chi connectivity index (χ2n) is 8.09. The van der Waals surface area contributed by atoms with Crippen molar-refractivity contribution in [2.24, 2.45) is 5.41 Å². The SMILES string of the molecule is C[C@@H](C(=O)N1CCC2(CCC(=O)N(Cc3ccncc3)C2)CC1)n1cccn1. The molecule has 2 aliphatic heterocycles. The molecular weight excluding hydrogens is 354 g/mol. The fraction of sp³-hybridized carbons (Fsp3) is 0.524. The molecule has 2 aromatic rings. The second-order valence-corrected chi connectivity index (χ2v) is 8.09. The second kappa shape index (κ2) is 7.73. The van der Waals surface area contributed by atoms with E-state index in [9.17, 15) is 9.59 Å². The summed E-state index contributed by atoms with van der Waals surface area (Å²) >= 11 is 0. The van der Waals surface area contributed by atoms with Crippen LogP contribution in [0.15, 0.2) is 43.0 Å². The average Bonchev–Trinajstić information content (AvgIpc) is 3.26. The van der Waals surface area contributed by atoms with Gasteiger partial charge in [0.25, 0.3) is 0 Å². The quantitative estimate of drug-likeness (QED) is 0.815. The van der Waals surface area contributed by atoms with Gasteiger partial charge in [0.15, 0.2) is 0 Å². The molecule has 0 aromatic carbocycles. The molecule has 1 atom stereocenters. The zero-order valence-electron chi connectivity index (χ0n) is 16.3. The van der Waals surface area contributed by atoms with Crippen LogP contribution in [0.25, 0.3) is 0 Å². The van der Waals surface area contributed by atoms with Gasteiger partial charge in [0.2, 0.25) is 11.8 Å². The van der Waals surface area contributed by atoms with Crippen molar-refractivity contribution in [2.45, 2.75) is 45.2 Å². The molecule has 0 aliphatic carbocycles. The first-order chi connectivity index (χ1) is 13.6. The van der Waals surface area contributed by atoms with E-state index in [1.807, 2.05) is 41.1 Å². The summed E-state index contributed by atoms with van der Waals surface area (Å²) in [5.74, 6) is 0.354. The third-order valence-corrected chi connectivity index (χ3v) is 6.29. The number of hydrogen-bond donors (Lipinski definition) is 0. The summed E-state index contributed by atoms with van der Waals surface area (Å²) < 4.78 is 1.71. The van der Waals surface area contributed by atoms with Crippen molar-refractivity contribution in [3.8, 4) is 0 Å². The molecule has 0 bridgehead atoms. The molecule has 4 rings (SSSR count). The van der Waals surface area contributed by atoms with E-state index in [-0.39, 0.29) is 23.3 Å². The van der Waals surface area contributed by atoms with Crippen LogP contribution in [0.5, 0.6) is 0 Å². The summed E-state index contributed by atoms with van der Waals surface area (Å²) in [4.78, 5) is 33.3. The number of piperidine rings is 2. The van der Waals surface area contributed by atoms with Crippen molar-refractivity contribution in [2.75, 3.05) is 19.6 Å². The minimum Gasteiger partial charge on any atom is -0.341 e. The third kappa shape index (κ3) is 3.79. The molecule has 0 N–H and O–H groups in total. The fourth-order valence-electron chi connectivity index (χ4n) is 4.45. The Balaban J connectivity index is 1.37. The summed E-state index contributed by atoms with van der Waals surface area (Å²) in [5.41, 5.74) is 1.24. The molecule has 2 aromatic heterocycles. The summed E-state index contributed by atoms with van der Waals surface area (Å²) in [6.07, 6.45) is 10.5. The standard InChI is InChI=1S/C21H27N5O2/c1-17(26-12-2-9-23-26)20(28)24-13-7-21(8-14-24)6-3-19(27)25(16-21)15-18-4-10-22-11-5-18/h2,4-5,9-12,17H,3,6-8,13-16H2,1H3/t17-/m0/s1. The van der Waals surface area contributed by atoms with E-state index < -0.39 is 0 Å². The van der Waals surface area contributed by atoms with E-state index in [0.717, 1.165) is 44.5 Å². The lowest BCUT2D eigenvalue weighted by Gasteiger charge is -2.47. The summed E-state index contributed by atoms with van der Waals surface area (Å²) in [7, 11) is 0. The number of hydrogen-bond acceptors (Lipinski definition) is 4. The molecule has 4 heterocycles. The first-order valence-electron chi connectivity index (χ1n) is 10.0. The highest BCUT2D eigenvalue weighted by Crippen LogP contribution is 2.41. The highest BCUT2D eigenvalue weighted by atomic mass is 16.2. The molecular formula is C21H27N5O2. The van der Waals surface area contributed by atoms with E-state index in [4.69, 9.17) is 0 Å². The van der Waals surface area contributed by atoms with Gasteiger partial charge < -0.3 is 9.80 Å². The van der Waals surface area contributed by atoms with Gasteiger partial charge in [0.1, 0.15) is 6.04 Å². The number of amides is 2. The normalized spacial score (nSPS) is 20.4. The largest absolute Gasteiger partial charge is 0.341 e. The number of carbonyl (C=O) groups excluding carboxylic acids is 2. The Bertz CT molecular complexity index is 813. The molecule has 2 amide bonds. The van der Waals surface area contributed by atoms with Crippen LogP contribution < -0.4 is 0 Å². The van der Waals surface area contributed by atoms with Crippen molar-refractivity contribution >= 4 is 11.8 Å². The Morgan fingerprint density at radius 2 is 1.93 bits per heavy atom. The van der Waals surface area contributed by atoms with Gasteiger partial charge in [-0.2, -0.15) is 5.10 Å². The Morgan fingerprint density at radius 1 is 1.18 bits per heavy atom. The van der Waals surface area contributed by atoms with Crippen LogP contribution in [0.2, 0.25) is 0 Å². The lowest BCUT2D eigenvalue weighted by molar-refractivity contribution is -0.144. The van der Waals surface area contributed by atoms with Crippen molar-refractivity contribution in [1.29, 1.82) is 0 Å². The zero-order chi connectivity index (χ0) is 19.6. The Morgan fingerprint density at radius 3 is 2.61 bits per heavy atom. The van der Waals surface area contributed by atoms with Crippen LogP contribution >= 0.6 is 0 Å². The lowest BCUT2D eigenvalue weighted by atomic mass is 9.72. The van der Waals surface area contributed by atoms with Gasteiger partial charge in [-0.1, -0.05) is 0 Å². The number of nitrogens with zero attached hydrogens (tertiary/aromatic N) is 5. The van der Waals surface area contributed by atoms with Crippen LogP contribution in [0, 0.1) is 5.41 Å². The van der Waals surface area contributed by atoms with E-state index >= 15 is 0 Å². The monoisotopic (exact) mass is 381 g/mol. The number of rotatable bonds is 4. The van der Waals surface area contributed by atoms with E-state index in [0.29, 0.717) is 13.0 Å². The molecule has 0 saturated carbocycles. The van der Waals surface area contributed by atoms with Gasteiger partial charge in [-0.05, 0) is 55.4 Å². The van der Waals surface area contributed by atoms with Crippen molar-refractivity contribution in [3.05, 3.63) is 48.5 Å². The topological polar surface area (TPSA) is 71.3 Å². The van der Waals surface area contributed by atoms with Crippen LogP contribution in [0.3, 0.4) is 0 Å². The highest BCUT2D eigenvalue weighted by Gasteiger charge is 2.42. The molecule has 2 saturated heterocycles. The van der Waals surface area contributed by atoms with Crippen LogP contribution in [0.1, 0.15) is 44.2 Å². The molecule has 2 fully saturated rings. The minimum atomic E-state index is -0.278. The Kier molecular flexibility index (Phi) is 5.15. The van der Waals surface area contributed by atoms with E-state index in [1.165, 1.54) is 0 Å². The van der Waals surface area contributed by atoms with Crippen LogP contribution in [0.4, 0.5) is 0 Å².